The van der Waals surface area contributed by atoms with Gasteiger partial charge in [-0.05, 0) is 61.3 Å². The van der Waals surface area contributed by atoms with Crippen molar-refractivity contribution >= 4 is 27.5 Å². The number of terminal acetylenes is 1. The second-order valence-electron chi connectivity index (χ2n) is 14.8. The first-order valence-electron chi connectivity index (χ1n) is 16.9. The Hall–Kier alpha value is -4.21. The third-order valence-corrected chi connectivity index (χ3v) is 11.4. The van der Waals surface area contributed by atoms with E-state index in [1.54, 1.807) is 0 Å². The summed E-state index contributed by atoms with van der Waals surface area (Å²) in [6.45, 7) is 3.04. The molecule has 2 bridgehead atoms. The minimum absolute atomic E-state index is 0.0295. The number of benzene rings is 3. The number of piperazine rings is 1. The summed E-state index contributed by atoms with van der Waals surface area (Å²) in [5, 5.41) is 14.7. The number of fused-ring (bicyclic) bond motifs is 5. The number of phenolic OH excluding ortho intramolecular Hbond substituents is 1. The lowest BCUT2D eigenvalue weighted by Crippen LogP contribution is -2.51. The maximum absolute atomic E-state index is 16.9. The number of aromatic nitrogens is 2. The summed E-state index contributed by atoms with van der Waals surface area (Å²) in [6, 6.07) is 6.58. The normalized spacial score (nSPS) is 26.5. The summed E-state index contributed by atoms with van der Waals surface area (Å²) in [4.78, 5) is 13.3. The first-order valence-corrected chi connectivity index (χ1v) is 16.9. The molecule has 7 nitrogen and oxygen atoms in total. The van der Waals surface area contributed by atoms with Crippen LogP contribution in [0.25, 0.3) is 32.8 Å². The van der Waals surface area contributed by atoms with Crippen LogP contribution in [0.15, 0.2) is 30.3 Å². The van der Waals surface area contributed by atoms with Gasteiger partial charge in [0.05, 0.1) is 17.7 Å². The molecule has 12 heteroatoms. The Kier molecular flexibility index (Phi) is 6.85. The van der Waals surface area contributed by atoms with E-state index in [4.69, 9.17) is 16.1 Å². The molecule has 2 N–H and O–H groups in total. The van der Waals surface area contributed by atoms with Crippen LogP contribution in [-0.2, 0) is 0 Å². The number of hydrogen-bond donors (Lipinski definition) is 2. The average Bonchev–Trinajstić information content (AvgIpc) is 3.62. The number of aromatic hydroxyl groups is 1. The van der Waals surface area contributed by atoms with Gasteiger partial charge < -0.3 is 25.0 Å². The summed E-state index contributed by atoms with van der Waals surface area (Å²) in [6.07, 6.45) is 9.27. The highest BCUT2D eigenvalue weighted by atomic mass is 19.3. The van der Waals surface area contributed by atoms with Gasteiger partial charge in [-0.15, -0.1) is 6.42 Å². The lowest BCUT2D eigenvalue weighted by atomic mass is 9.72. The fraction of sp³-hybridized carbons (Fsp3) is 0.459. The van der Waals surface area contributed by atoms with Crippen molar-refractivity contribution in [3.05, 3.63) is 53.3 Å². The van der Waals surface area contributed by atoms with Crippen LogP contribution in [0.4, 0.5) is 27.8 Å². The van der Waals surface area contributed by atoms with E-state index in [9.17, 15) is 18.3 Å². The molecule has 3 aromatic carbocycles. The van der Waals surface area contributed by atoms with Crippen LogP contribution < -0.4 is 15.0 Å². The van der Waals surface area contributed by atoms with Crippen molar-refractivity contribution in [1.29, 1.82) is 0 Å². The highest BCUT2D eigenvalue weighted by Crippen LogP contribution is 2.54. The zero-order valence-corrected chi connectivity index (χ0v) is 26.6. The molecule has 3 saturated heterocycles. The lowest BCUT2D eigenvalue weighted by molar-refractivity contribution is -0.152. The van der Waals surface area contributed by atoms with Crippen LogP contribution in [0.3, 0.4) is 0 Å². The molecule has 4 heterocycles. The molecule has 4 aromatic rings. The van der Waals surface area contributed by atoms with Gasteiger partial charge in [-0.25, -0.2) is 22.0 Å². The van der Waals surface area contributed by atoms with E-state index in [0.717, 1.165) is 31.7 Å². The third kappa shape index (κ3) is 5.07. The molecule has 49 heavy (non-hydrogen) atoms. The molecular formula is C37H34F5N5O2. The summed E-state index contributed by atoms with van der Waals surface area (Å²) in [5.41, 5.74) is -1.22. The van der Waals surface area contributed by atoms with Gasteiger partial charge in [-0.2, -0.15) is 9.97 Å². The van der Waals surface area contributed by atoms with E-state index in [1.807, 2.05) is 4.90 Å². The predicted octanol–water partition coefficient (Wildman–Crippen LogP) is 6.24. The van der Waals surface area contributed by atoms with Gasteiger partial charge >= 0.3 is 6.01 Å². The maximum Gasteiger partial charge on any atom is 0.319 e. The monoisotopic (exact) mass is 675 g/mol. The van der Waals surface area contributed by atoms with Gasteiger partial charge in [0.15, 0.2) is 5.82 Å². The number of halogens is 5. The number of nitrogens with one attached hydrogen (secondary N) is 1. The molecule has 5 aliphatic rings. The highest BCUT2D eigenvalue weighted by molar-refractivity contribution is 6.04. The molecule has 9 rings (SSSR count). The van der Waals surface area contributed by atoms with Crippen molar-refractivity contribution in [3.8, 4) is 35.2 Å². The minimum Gasteiger partial charge on any atom is -0.508 e. The molecule has 4 atom stereocenters. The van der Waals surface area contributed by atoms with Crippen molar-refractivity contribution in [2.45, 2.75) is 50.1 Å². The Morgan fingerprint density at radius 1 is 1.00 bits per heavy atom. The Labute approximate surface area is 279 Å². The van der Waals surface area contributed by atoms with Crippen molar-refractivity contribution in [1.82, 2.24) is 20.2 Å². The standard InChI is InChI=1S/C37H34F5N5O2/c1-2-24-28(38)6-3-19-9-23(48)10-25(30(19)24)31-29(39)11-26-33(32(31)40)44-35(45-34(26)47-14-21-4-5-22(15-47)43-21)49-18-36(7-8-36)17-46-13-20-12-37(41,42)27(20)16-46/h1,3,6,9-11,20-22,27,43,48H,4-5,7-8,12-18H2. The van der Waals surface area contributed by atoms with Crippen molar-refractivity contribution < 1.29 is 31.8 Å². The Bertz CT molecular complexity index is 2070. The quantitative estimate of drug-likeness (QED) is 0.178. The molecule has 4 unspecified atom stereocenters. The van der Waals surface area contributed by atoms with Crippen molar-refractivity contribution in [2.24, 2.45) is 17.3 Å². The second-order valence-corrected chi connectivity index (χ2v) is 14.8. The fourth-order valence-corrected chi connectivity index (χ4v) is 8.78. The Morgan fingerprint density at radius 3 is 2.47 bits per heavy atom. The van der Waals surface area contributed by atoms with E-state index >= 15 is 8.78 Å². The molecule has 0 spiro atoms. The molecule has 5 fully saturated rings. The minimum atomic E-state index is -2.59. The Balaban J connectivity index is 1.12. The predicted molar refractivity (Wildman–Crippen MR) is 174 cm³/mol. The molecule has 0 amide bonds. The van der Waals surface area contributed by atoms with Crippen LogP contribution >= 0.6 is 0 Å². The van der Waals surface area contributed by atoms with Gasteiger partial charge in [0.2, 0.25) is 0 Å². The zero-order chi connectivity index (χ0) is 33.8. The fourth-order valence-electron chi connectivity index (χ4n) is 8.78. The number of rotatable bonds is 7. The molecule has 3 aliphatic heterocycles. The summed E-state index contributed by atoms with van der Waals surface area (Å²) in [7, 11) is 0. The summed E-state index contributed by atoms with van der Waals surface area (Å²) in [5.74, 6) is -3.47. The molecule has 1 aromatic heterocycles. The van der Waals surface area contributed by atoms with Gasteiger partial charge in [0, 0.05) is 78.9 Å². The number of anilines is 1. The molecule has 2 aliphatic carbocycles. The number of nitrogens with zero attached hydrogens (tertiary/aromatic N) is 4. The smallest absolute Gasteiger partial charge is 0.319 e. The Morgan fingerprint density at radius 2 is 1.78 bits per heavy atom. The molecule has 254 valence electrons. The molecule has 2 saturated carbocycles. The summed E-state index contributed by atoms with van der Waals surface area (Å²) < 4.78 is 82.3. The van der Waals surface area contributed by atoms with Gasteiger partial charge in [0.1, 0.15) is 28.7 Å². The largest absolute Gasteiger partial charge is 0.508 e. The maximum atomic E-state index is 16.9. The van der Waals surface area contributed by atoms with Crippen LogP contribution in [0, 0.1) is 47.0 Å². The van der Waals surface area contributed by atoms with Crippen molar-refractivity contribution in [3.63, 3.8) is 0 Å². The SMILES string of the molecule is C#Cc1c(F)ccc2cc(O)cc(-c3c(F)cc4c(N5CC6CCC(C5)N6)nc(OCC5(CN6CC7CC(F)(F)C7C6)CC5)nc4c3F)c12. The van der Waals surface area contributed by atoms with E-state index in [1.165, 1.54) is 24.3 Å². The first-order chi connectivity index (χ1) is 23.5. The topological polar surface area (TPSA) is 73.8 Å². The average molecular weight is 676 g/mol. The first kappa shape index (κ1) is 30.8. The van der Waals surface area contributed by atoms with Crippen LogP contribution in [-0.4, -0.2) is 77.3 Å². The van der Waals surface area contributed by atoms with E-state index < -0.39 is 34.9 Å². The molecule has 0 radical (unpaired) electrons. The number of phenols is 1. The van der Waals surface area contributed by atoms with E-state index in [0.29, 0.717) is 43.9 Å². The number of likely N-dealkylation sites (tertiary alicyclic amines) is 1. The highest BCUT2D eigenvalue weighted by Gasteiger charge is 2.60. The third-order valence-electron chi connectivity index (χ3n) is 11.4. The number of alkyl halides is 2. The molecular weight excluding hydrogens is 641 g/mol. The van der Waals surface area contributed by atoms with Gasteiger partial charge in [0.25, 0.3) is 5.92 Å². The second kappa shape index (κ2) is 10.9. The van der Waals surface area contributed by atoms with Crippen LogP contribution in [0.1, 0.15) is 37.7 Å². The van der Waals surface area contributed by atoms with Gasteiger partial charge in [-0.1, -0.05) is 12.0 Å². The van der Waals surface area contributed by atoms with E-state index in [2.05, 4.69) is 21.1 Å². The summed E-state index contributed by atoms with van der Waals surface area (Å²) >= 11 is 0. The number of hydrogen-bond acceptors (Lipinski definition) is 7. The lowest BCUT2D eigenvalue weighted by Gasteiger charge is -2.38. The van der Waals surface area contributed by atoms with Crippen LogP contribution in [0.5, 0.6) is 11.8 Å². The van der Waals surface area contributed by atoms with Gasteiger partial charge in [-0.3, -0.25) is 0 Å². The zero-order valence-electron chi connectivity index (χ0n) is 26.6. The van der Waals surface area contributed by atoms with Crippen LogP contribution in [0.2, 0.25) is 0 Å². The van der Waals surface area contributed by atoms with Crippen molar-refractivity contribution in [2.75, 3.05) is 44.2 Å². The van der Waals surface area contributed by atoms with E-state index in [-0.39, 0.29) is 75.6 Å². The number of ether oxygens (including phenoxy) is 1.